The van der Waals surface area contributed by atoms with E-state index in [4.69, 9.17) is 10.5 Å². The highest BCUT2D eigenvalue weighted by Gasteiger charge is 2.23. The Morgan fingerprint density at radius 3 is 2.36 bits per heavy atom. The molecule has 0 amide bonds. The van der Waals surface area contributed by atoms with Gasteiger partial charge in [0.2, 0.25) is 0 Å². The van der Waals surface area contributed by atoms with Crippen LogP contribution < -0.4 is 5.73 Å². The van der Waals surface area contributed by atoms with Crippen molar-refractivity contribution in [3.8, 4) is 0 Å². The van der Waals surface area contributed by atoms with E-state index in [2.05, 4.69) is 12.1 Å². The maximum Gasteiger partial charge on any atom is 0.323 e. The lowest BCUT2D eigenvalue weighted by molar-refractivity contribution is -0.157. The van der Waals surface area contributed by atoms with Crippen LogP contribution in [-0.2, 0) is 20.7 Å². The molecule has 1 aromatic carbocycles. The number of esters is 1. The standard InChI is InChI=1S/C18H27NO3/c1-18(2,3)22-17(21)16(19)13-15(20)12-8-7-11-14-9-5-4-6-10-14/h4-6,9-10,16H,7-8,11-13,19H2,1-3H3. The van der Waals surface area contributed by atoms with Gasteiger partial charge >= 0.3 is 5.97 Å². The Balaban J connectivity index is 2.21. The minimum absolute atomic E-state index is 0.0198. The van der Waals surface area contributed by atoms with Gasteiger partial charge in [0.1, 0.15) is 17.4 Å². The van der Waals surface area contributed by atoms with Gasteiger partial charge in [-0.05, 0) is 45.6 Å². The molecule has 1 atom stereocenters. The van der Waals surface area contributed by atoms with Crippen LogP contribution in [0.15, 0.2) is 30.3 Å². The fraction of sp³-hybridized carbons (Fsp3) is 0.556. The largest absolute Gasteiger partial charge is 0.459 e. The number of ether oxygens (including phenoxy) is 1. The van der Waals surface area contributed by atoms with Crippen LogP contribution in [0, 0.1) is 0 Å². The fourth-order valence-electron chi connectivity index (χ4n) is 2.10. The molecule has 0 aliphatic rings. The minimum atomic E-state index is -0.860. The van der Waals surface area contributed by atoms with E-state index in [0.29, 0.717) is 6.42 Å². The highest BCUT2D eigenvalue weighted by atomic mass is 16.6. The Labute approximate surface area is 133 Å². The van der Waals surface area contributed by atoms with E-state index in [1.807, 2.05) is 18.2 Å². The molecule has 0 aromatic heterocycles. The molecule has 0 aliphatic carbocycles. The van der Waals surface area contributed by atoms with Crippen LogP contribution >= 0.6 is 0 Å². The number of hydrogen-bond donors (Lipinski definition) is 1. The summed E-state index contributed by atoms with van der Waals surface area (Å²) < 4.78 is 5.17. The lowest BCUT2D eigenvalue weighted by Crippen LogP contribution is -2.38. The van der Waals surface area contributed by atoms with E-state index in [0.717, 1.165) is 19.3 Å². The van der Waals surface area contributed by atoms with Crippen LogP contribution in [0.2, 0.25) is 0 Å². The number of carbonyl (C=O) groups is 2. The first-order chi connectivity index (χ1) is 10.3. The topological polar surface area (TPSA) is 69.4 Å². The monoisotopic (exact) mass is 305 g/mol. The SMILES string of the molecule is CC(C)(C)OC(=O)C(N)CC(=O)CCCCc1ccccc1. The Kier molecular flexibility index (Phi) is 7.25. The predicted molar refractivity (Wildman–Crippen MR) is 87.4 cm³/mol. The van der Waals surface area contributed by atoms with Gasteiger partial charge in [0.25, 0.3) is 0 Å². The lowest BCUT2D eigenvalue weighted by Gasteiger charge is -2.21. The van der Waals surface area contributed by atoms with E-state index < -0.39 is 17.6 Å². The lowest BCUT2D eigenvalue weighted by atomic mass is 10.0. The van der Waals surface area contributed by atoms with Crippen molar-refractivity contribution in [3.63, 3.8) is 0 Å². The summed E-state index contributed by atoms with van der Waals surface area (Å²) in [6, 6.07) is 9.33. The first-order valence-corrected chi connectivity index (χ1v) is 7.82. The van der Waals surface area contributed by atoms with Gasteiger partial charge in [-0.15, -0.1) is 0 Å². The molecule has 0 fully saturated rings. The third kappa shape index (κ3) is 7.93. The summed E-state index contributed by atoms with van der Waals surface area (Å²) in [5.74, 6) is -0.489. The molecule has 0 saturated carbocycles. The molecule has 0 spiro atoms. The normalized spacial score (nSPS) is 12.7. The molecule has 4 nitrogen and oxygen atoms in total. The number of Topliss-reactive ketones (excluding diaryl/α,β-unsaturated/α-hetero) is 1. The number of ketones is 1. The Hall–Kier alpha value is -1.68. The van der Waals surface area contributed by atoms with Gasteiger partial charge in [-0.1, -0.05) is 30.3 Å². The second-order valence-electron chi connectivity index (χ2n) is 6.58. The molecule has 0 bridgehead atoms. The quantitative estimate of drug-likeness (QED) is 0.592. The van der Waals surface area contributed by atoms with Crippen LogP contribution in [0.3, 0.4) is 0 Å². The van der Waals surface area contributed by atoms with Gasteiger partial charge in [-0.2, -0.15) is 0 Å². The van der Waals surface area contributed by atoms with Crippen molar-refractivity contribution in [2.24, 2.45) is 5.73 Å². The molecule has 0 radical (unpaired) electrons. The summed E-state index contributed by atoms with van der Waals surface area (Å²) in [7, 11) is 0. The second kappa shape index (κ2) is 8.69. The molecule has 0 heterocycles. The molecule has 2 N–H and O–H groups in total. The summed E-state index contributed by atoms with van der Waals surface area (Å²) in [4.78, 5) is 23.6. The zero-order valence-electron chi connectivity index (χ0n) is 13.8. The zero-order chi connectivity index (χ0) is 16.6. The summed E-state index contributed by atoms with van der Waals surface area (Å²) >= 11 is 0. The third-order valence-electron chi connectivity index (χ3n) is 3.17. The maximum absolute atomic E-state index is 11.8. The predicted octanol–water partition coefficient (Wildman–Crippen LogP) is 3.03. The Morgan fingerprint density at radius 2 is 1.77 bits per heavy atom. The van der Waals surface area contributed by atoms with Gasteiger partial charge in [0.05, 0.1) is 0 Å². The van der Waals surface area contributed by atoms with Crippen LogP contribution in [0.25, 0.3) is 0 Å². The van der Waals surface area contributed by atoms with Crippen molar-refractivity contribution in [2.45, 2.75) is 64.5 Å². The highest BCUT2D eigenvalue weighted by Crippen LogP contribution is 2.11. The van der Waals surface area contributed by atoms with E-state index in [1.54, 1.807) is 20.8 Å². The first-order valence-electron chi connectivity index (χ1n) is 7.82. The summed E-state index contributed by atoms with van der Waals surface area (Å²) in [5, 5.41) is 0. The molecular weight excluding hydrogens is 278 g/mol. The van der Waals surface area contributed by atoms with Crippen LogP contribution in [0.5, 0.6) is 0 Å². The van der Waals surface area contributed by atoms with Gasteiger partial charge < -0.3 is 10.5 Å². The van der Waals surface area contributed by atoms with Crippen molar-refractivity contribution in [1.29, 1.82) is 0 Å². The van der Waals surface area contributed by atoms with Crippen LogP contribution in [-0.4, -0.2) is 23.4 Å². The number of hydrogen-bond acceptors (Lipinski definition) is 4. The van der Waals surface area contributed by atoms with Gasteiger partial charge in [0, 0.05) is 12.8 Å². The van der Waals surface area contributed by atoms with E-state index in [9.17, 15) is 9.59 Å². The maximum atomic E-state index is 11.8. The first kappa shape index (κ1) is 18.4. The van der Waals surface area contributed by atoms with Crippen molar-refractivity contribution in [3.05, 3.63) is 35.9 Å². The van der Waals surface area contributed by atoms with Gasteiger partial charge in [-0.25, -0.2) is 0 Å². The molecule has 1 rings (SSSR count). The highest BCUT2D eigenvalue weighted by molar-refractivity contribution is 5.86. The summed E-state index contributed by atoms with van der Waals surface area (Å²) in [5.41, 5.74) is 6.43. The van der Waals surface area contributed by atoms with Crippen LogP contribution in [0.1, 0.15) is 52.0 Å². The third-order valence-corrected chi connectivity index (χ3v) is 3.17. The molecule has 0 aliphatic heterocycles. The second-order valence-corrected chi connectivity index (χ2v) is 6.58. The number of unbranched alkanes of at least 4 members (excludes halogenated alkanes) is 1. The zero-order valence-corrected chi connectivity index (χ0v) is 13.8. The van der Waals surface area contributed by atoms with Gasteiger partial charge in [0.15, 0.2) is 0 Å². The fourth-order valence-corrected chi connectivity index (χ4v) is 2.10. The van der Waals surface area contributed by atoms with Crippen molar-refractivity contribution < 1.29 is 14.3 Å². The number of benzene rings is 1. The molecular formula is C18H27NO3. The van der Waals surface area contributed by atoms with Crippen molar-refractivity contribution in [2.75, 3.05) is 0 Å². The summed E-state index contributed by atoms with van der Waals surface area (Å²) in [6.45, 7) is 5.34. The number of aryl methyl sites for hydroxylation is 1. The van der Waals surface area contributed by atoms with Crippen LogP contribution in [0.4, 0.5) is 0 Å². The molecule has 0 saturated heterocycles. The van der Waals surface area contributed by atoms with Gasteiger partial charge in [-0.3, -0.25) is 9.59 Å². The number of rotatable bonds is 8. The minimum Gasteiger partial charge on any atom is -0.459 e. The average molecular weight is 305 g/mol. The average Bonchev–Trinajstić information content (AvgIpc) is 2.43. The molecule has 122 valence electrons. The Bertz CT molecular complexity index is 477. The van der Waals surface area contributed by atoms with Crippen molar-refractivity contribution >= 4 is 11.8 Å². The van der Waals surface area contributed by atoms with E-state index >= 15 is 0 Å². The molecule has 1 aromatic rings. The Morgan fingerprint density at radius 1 is 1.14 bits per heavy atom. The summed E-state index contributed by atoms with van der Waals surface area (Å²) in [6.07, 6.45) is 3.25. The number of nitrogens with two attached hydrogens (primary N) is 1. The molecule has 4 heteroatoms. The number of carbonyl (C=O) groups excluding carboxylic acids is 2. The van der Waals surface area contributed by atoms with E-state index in [1.165, 1.54) is 5.56 Å². The smallest absolute Gasteiger partial charge is 0.323 e. The molecule has 22 heavy (non-hydrogen) atoms. The van der Waals surface area contributed by atoms with Crippen molar-refractivity contribution in [1.82, 2.24) is 0 Å². The van der Waals surface area contributed by atoms with E-state index in [-0.39, 0.29) is 12.2 Å². The molecule has 1 unspecified atom stereocenters.